The molecule has 1 fully saturated rings. The van der Waals surface area contributed by atoms with Crippen LogP contribution in [0, 0.1) is 5.82 Å². The quantitative estimate of drug-likeness (QED) is 0.809. The largest absolute Gasteiger partial charge is 0.495 e. The summed E-state index contributed by atoms with van der Waals surface area (Å²) in [5.74, 6) is -2.15. The number of benzene rings is 2. The lowest BCUT2D eigenvalue weighted by Gasteiger charge is -2.20. The number of nitrogens with one attached hydrogen (secondary N) is 2. The minimum absolute atomic E-state index is 0.0333. The molecule has 1 aliphatic rings. The van der Waals surface area contributed by atoms with Gasteiger partial charge in [0.1, 0.15) is 11.6 Å². The second-order valence-electron chi connectivity index (χ2n) is 5.92. The number of anilines is 3. The van der Waals surface area contributed by atoms with Gasteiger partial charge in [0.25, 0.3) is 0 Å². The van der Waals surface area contributed by atoms with Crippen molar-refractivity contribution in [1.29, 1.82) is 0 Å². The molecule has 7 nitrogen and oxygen atoms in total. The number of methoxy groups -OCH3 is 1. The summed E-state index contributed by atoms with van der Waals surface area (Å²) < 4.78 is 18.9. The highest BCUT2D eigenvalue weighted by molar-refractivity contribution is 6.43. The van der Waals surface area contributed by atoms with Gasteiger partial charge in [-0.05, 0) is 36.8 Å². The van der Waals surface area contributed by atoms with Gasteiger partial charge in [0.2, 0.25) is 5.91 Å². The number of halogens is 1. The molecule has 1 heterocycles. The second kappa shape index (κ2) is 7.86. The van der Waals surface area contributed by atoms with Crippen molar-refractivity contribution in [3.63, 3.8) is 0 Å². The fourth-order valence-corrected chi connectivity index (χ4v) is 2.81. The standard InChI is InChI=1S/C19H18FN3O4/c1-27-16-9-8-12(11-15(16)23-10-4-7-17(23)24)21-18(25)19(26)22-14-6-3-2-5-13(14)20/h2-3,5-6,8-9,11H,4,7,10H2,1H3,(H,21,25)(H,22,26). The third kappa shape index (κ3) is 4.05. The van der Waals surface area contributed by atoms with Crippen molar-refractivity contribution in [2.45, 2.75) is 12.8 Å². The number of nitrogens with zero attached hydrogens (tertiary/aromatic N) is 1. The Hall–Kier alpha value is -3.42. The molecule has 2 aromatic carbocycles. The molecule has 2 aromatic rings. The lowest BCUT2D eigenvalue weighted by atomic mass is 10.2. The minimum atomic E-state index is -1.00. The Labute approximate surface area is 155 Å². The number of carbonyl (C=O) groups is 3. The van der Waals surface area contributed by atoms with E-state index in [0.717, 1.165) is 6.42 Å². The van der Waals surface area contributed by atoms with Crippen LogP contribution in [0.5, 0.6) is 5.75 Å². The predicted molar refractivity (Wildman–Crippen MR) is 98.2 cm³/mol. The molecule has 0 spiro atoms. The fraction of sp³-hybridized carbons (Fsp3) is 0.211. The van der Waals surface area contributed by atoms with Gasteiger partial charge in [0.15, 0.2) is 0 Å². The number of ether oxygens (including phenoxy) is 1. The van der Waals surface area contributed by atoms with Crippen LogP contribution in [0.2, 0.25) is 0 Å². The van der Waals surface area contributed by atoms with E-state index in [1.165, 1.54) is 25.3 Å². The number of amides is 3. The molecule has 0 atom stereocenters. The Kier molecular flexibility index (Phi) is 5.35. The molecule has 27 heavy (non-hydrogen) atoms. The first-order valence-electron chi connectivity index (χ1n) is 8.35. The van der Waals surface area contributed by atoms with E-state index in [-0.39, 0.29) is 11.6 Å². The summed E-state index contributed by atoms with van der Waals surface area (Å²) in [4.78, 5) is 37.7. The Balaban J connectivity index is 1.75. The molecule has 8 heteroatoms. The van der Waals surface area contributed by atoms with E-state index in [4.69, 9.17) is 4.74 Å². The van der Waals surface area contributed by atoms with Crippen LogP contribution in [-0.2, 0) is 14.4 Å². The summed E-state index contributed by atoms with van der Waals surface area (Å²) in [5, 5.41) is 4.66. The smallest absolute Gasteiger partial charge is 0.314 e. The number of carbonyl (C=O) groups excluding carboxylic acids is 3. The van der Waals surface area contributed by atoms with E-state index in [1.807, 2.05) is 0 Å². The highest BCUT2D eigenvalue weighted by atomic mass is 19.1. The maximum absolute atomic E-state index is 13.6. The molecule has 0 bridgehead atoms. The molecule has 0 radical (unpaired) electrons. The van der Waals surface area contributed by atoms with Gasteiger partial charge in [-0.3, -0.25) is 14.4 Å². The molecule has 2 N–H and O–H groups in total. The van der Waals surface area contributed by atoms with E-state index >= 15 is 0 Å². The molecule has 1 aliphatic heterocycles. The molecular weight excluding hydrogens is 353 g/mol. The van der Waals surface area contributed by atoms with E-state index < -0.39 is 17.6 Å². The van der Waals surface area contributed by atoms with Crippen LogP contribution in [0.15, 0.2) is 42.5 Å². The zero-order valence-electron chi connectivity index (χ0n) is 14.6. The van der Waals surface area contributed by atoms with E-state index in [2.05, 4.69) is 10.6 Å². The zero-order chi connectivity index (χ0) is 19.4. The van der Waals surface area contributed by atoms with Crippen LogP contribution in [0.3, 0.4) is 0 Å². The molecular formula is C19H18FN3O4. The van der Waals surface area contributed by atoms with Crippen LogP contribution in [0.25, 0.3) is 0 Å². The SMILES string of the molecule is COc1ccc(NC(=O)C(=O)Nc2ccccc2F)cc1N1CCCC1=O. The van der Waals surface area contributed by atoms with Gasteiger partial charge in [-0.2, -0.15) is 0 Å². The summed E-state index contributed by atoms with van der Waals surface area (Å²) >= 11 is 0. The van der Waals surface area contributed by atoms with Crippen LogP contribution in [-0.4, -0.2) is 31.4 Å². The third-order valence-corrected chi connectivity index (χ3v) is 4.13. The molecule has 140 valence electrons. The lowest BCUT2D eigenvalue weighted by molar-refractivity contribution is -0.133. The first kappa shape index (κ1) is 18.4. The van der Waals surface area contributed by atoms with Gasteiger partial charge in [0.05, 0.1) is 18.5 Å². The number of hydrogen-bond donors (Lipinski definition) is 2. The summed E-state index contributed by atoms with van der Waals surface area (Å²) in [6, 6.07) is 10.3. The Bertz CT molecular complexity index is 900. The van der Waals surface area contributed by atoms with Gasteiger partial charge < -0.3 is 20.3 Å². The molecule has 0 unspecified atom stereocenters. The van der Waals surface area contributed by atoms with Crippen LogP contribution >= 0.6 is 0 Å². The molecule has 0 aromatic heterocycles. The second-order valence-corrected chi connectivity index (χ2v) is 5.92. The highest BCUT2D eigenvalue weighted by Crippen LogP contribution is 2.34. The molecule has 1 saturated heterocycles. The number of para-hydroxylation sites is 1. The van der Waals surface area contributed by atoms with E-state index in [1.54, 1.807) is 29.2 Å². The van der Waals surface area contributed by atoms with Gasteiger partial charge in [-0.25, -0.2) is 4.39 Å². The zero-order valence-corrected chi connectivity index (χ0v) is 14.6. The molecule has 3 amide bonds. The molecule has 0 saturated carbocycles. The topological polar surface area (TPSA) is 87.7 Å². The van der Waals surface area contributed by atoms with Gasteiger partial charge in [-0.1, -0.05) is 12.1 Å². The number of rotatable bonds is 4. The van der Waals surface area contributed by atoms with Crippen molar-refractivity contribution in [1.82, 2.24) is 0 Å². The first-order valence-corrected chi connectivity index (χ1v) is 8.35. The number of hydrogen-bond acceptors (Lipinski definition) is 4. The van der Waals surface area contributed by atoms with Crippen LogP contribution in [0.1, 0.15) is 12.8 Å². The van der Waals surface area contributed by atoms with Crippen molar-refractivity contribution < 1.29 is 23.5 Å². The maximum Gasteiger partial charge on any atom is 0.314 e. The first-order chi connectivity index (χ1) is 13.0. The van der Waals surface area contributed by atoms with Crippen molar-refractivity contribution in [3.05, 3.63) is 48.3 Å². The Morgan fingerprint density at radius 1 is 1.11 bits per heavy atom. The average molecular weight is 371 g/mol. The lowest BCUT2D eigenvalue weighted by Crippen LogP contribution is -2.29. The van der Waals surface area contributed by atoms with Crippen LogP contribution < -0.4 is 20.3 Å². The fourth-order valence-electron chi connectivity index (χ4n) is 2.81. The van der Waals surface area contributed by atoms with Crippen molar-refractivity contribution >= 4 is 34.8 Å². The van der Waals surface area contributed by atoms with Crippen molar-refractivity contribution in [2.24, 2.45) is 0 Å². The molecule has 3 rings (SSSR count). The van der Waals surface area contributed by atoms with Gasteiger partial charge in [0, 0.05) is 18.7 Å². The van der Waals surface area contributed by atoms with Crippen LogP contribution in [0.4, 0.5) is 21.5 Å². The van der Waals surface area contributed by atoms with Crippen molar-refractivity contribution in [3.8, 4) is 5.75 Å². The monoisotopic (exact) mass is 371 g/mol. The summed E-state index contributed by atoms with van der Waals surface area (Å²) in [6.07, 6.45) is 1.19. The average Bonchev–Trinajstić information content (AvgIpc) is 3.09. The normalized spacial score (nSPS) is 13.4. The minimum Gasteiger partial charge on any atom is -0.495 e. The third-order valence-electron chi connectivity index (χ3n) is 4.13. The Morgan fingerprint density at radius 3 is 2.52 bits per heavy atom. The predicted octanol–water partition coefficient (Wildman–Crippen LogP) is 2.54. The van der Waals surface area contributed by atoms with Gasteiger partial charge in [-0.15, -0.1) is 0 Å². The summed E-state index contributed by atoms with van der Waals surface area (Å²) in [6.45, 7) is 0.556. The van der Waals surface area contributed by atoms with E-state index in [0.29, 0.717) is 30.1 Å². The summed E-state index contributed by atoms with van der Waals surface area (Å²) in [7, 11) is 1.49. The Morgan fingerprint density at radius 2 is 1.85 bits per heavy atom. The maximum atomic E-state index is 13.6. The molecule has 0 aliphatic carbocycles. The highest BCUT2D eigenvalue weighted by Gasteiger charge is 2.25. The van der Waals surface area contributed by atoms with Gasteiger partial charge >= 0.3 is 11.8 Å². The van der Waals surface area contributed by atoms with Crippen molar-refractivity contribution in [2.75, 3.05) is 29.2 Å². The summed E-state index contributed by atoms with van der Waals surface area (Å²) in [5.41, 5.74) is 0.752. The van der Waals surface area contributed by atoms with E-state index in [9.17, 15) is 18.8 Å².